The molecule has 1 N–H and O–H groups in total. The Balaban J connectivity index is 1.26. The van der Waals surface area contributed by atoms with Gasteiger partial charge in [0.25, 0.3) is 5.91 Å². The van der Waals surface area contributed by atoms with E-state index in [1.165, 1.54) is 16.0 Å². The van der Waals surface area contributed by atoms with Crippen molar-refractivity contribution in [3.05, 3.63) is 108 Å². The predicted octanol–water partition coefficient (Wildman–Crippen LogP) is 7.44. The summed E-state index contributed by atoms with van der Waals surface area (Å²) < 4.78 is 5.91. The lowest BCUT2D eigenvalue weighted by Gasteiger charge is -2.07. The van der Waals surface area contributed by atoms with E-state index in [1.54, 1.807) is 11.8 Å². The third-order valence-corrected chi connectivity index (χ3v) is 6.36. The lowest BCUT2D eigenvalue weighted by atomic mass is 10.1. The molecule has 4 aromatic carbocycles. The molecule has 4 heteroatoms. The van der Waals surface area contributed by atoms with Gasteiger partial charge >= 0.3 is 0 Å². The lowest BCUT2D eigenvalue weighted by Crippen LogP contribution is -2.11. The van der Waals surface area contributed by atoms with Gasteiger partial charge < -0.3 is 9.73 Å². The molecule has 0 aliphatic heterocycles. The summed E-state index contributed by atoms with van der Waals surface area (Å²) in [6.07, 6.45) is 0. The fourth-order valence-electron chi connectivity index (χ4n) is 3.56. The van der Waals surface area contributed by atoms with Gasteiger partial charge in [0.2, 0.25) is 0 Å². The van der Waals surface area contributed by atoms with Crippen molar-refractivity contribution in [3.63, 3.8) is 0 Å². The molecule has 152 valence electrons. The number of carbonyl (C=O) groups excluding carboxylic acids is 1. The van der Waals surface area contributed by atoms with E-state index in [2.05, 4.69) is 36.5 Å². The van der Waals surface area contributed by atoms with Crippen molar-refractivity contribution in [2.45, 2.75) is 17.6 Å². The van der Waals surface area contributed by atoms with Crippen LogP contribution in [0.5, 0.6) is 0 Å². The first-order valence-corrected chi connectivity index (χ1v) is 11.2. The second kappa shape index (κ2) is 8.32. The van der Waals surface area contributed by atoms with E-state index in [9.17, 15) is 4.79 Å². The summed E-state index contributed by atoms with van der Waals surface area (Å²) in [5.41, 5.74) is 5.41. The zero-order valence-corrected chi connectivity index (χ0v) is 17.9. The van der Waals surface area contributed by atoms with E-state index in [4.69, 9.17) is 4.42 Å². The van der Waals surface area contributed by atoms with E-state index in [0.717, 1.165) is 33.4 Å². The molecular formula is C27H21NO2S. The van der Waals surface area contributed by atoms with Crippen LogP contribution in [-0.4, -0.2) is 5.91 Å². The quantitative estimate of drug-likeness (QED) is 0.299. The van der Waals surface area contributed by atoms with Crippen LogP contribution in [0.4, 0.5) is 5.69 Å². The predicted molar refractivity (Wildman–Crippen MR) is 129 cm³/mol. The zero-order chi connectivity index (χ0) is 21.2. The Morgan fingerprint density at radius 3 is 2.39 bits per heavy atom. The Labute approximate surface area is 185 Å². The summed E-state index contributed by atoms with van der Waals surface area (Å²) >= 11 is 1.79. The van der Waals surface area contributed by atoms with Gasteiger partial charge in [0.1, 0.15) is 11.2 Å². The van der Waals surface area contributed by atoms with Crippen LogP contribution < -0.4 is 5.32 Å². The number of benzene rings is 4. The van der Waals surface area contributed by atoms with Crippen LogP contribution in [0, 0.1) is 6.92 Å². The maximum atomic E-state index is 12.7. The van der Waals surface area contributed by atoms with Gasteiger partial charge in [-0.15, -0.1) is 11.8 Å². The molecule has 0 saturated heterocycles. The van der Waals surface area contributed by atoms with Gasteiger partial charge in [-0.1, -0.05) is 48.0 Å². The van der Waals surface area contributed by atoms with Gasteiger partial charge in [-0.3, -0.25) is 4.79 Å². The number of nitrogens with one attached hydrogen (secondary N) is 1. The lowest BCUT2D eigenvalue weighted by molar-refractivity contribution is 0.102. The van der Waals surface area contributed by atoms with Crippen LogP contribution in [0.3, 0.4) is 0 Å². The van der Waals surface area contributed by atoms with Crippen LogP contribution in [0.15, 0.2) is 100 Å². The van der Waals surface area contributed by atoms with Crippen molar-refractivity contribution in [3.8, 4) is 0 Å². The fourth-order valence-corrected chi connectivity index (χ4v) is 4.41. The van der Waals surface area contributed by atoms with Gasteiger partial charge in [-0.2, -0.15) is 0 Å². The smallest absolute Gasteiger partial charge is 0.255 e. The third-order valence-electron chi connectivity index (χ3n) is 5.28. The summed E-state index contributed by atoms with van der Waals surface area (Å²) in [5.74, 6) is 0.737. The molecule has 1 amide bonds. The van der Waals surface area contributed by atoms with Crippen LogP contribution >= 0.6 is 11.8 Å². The van der Waals surface area contributed by atoms with Gasteiger partial charge in [-0.25, -0.2) is 0 Å². The van der Waals surface area contributed by atoms with Gasteiger partial charge in [0, 0.05) is 38.7 Å². The molecule has 31 heavy (non-hydrogen) atoms. The number of anilines is 1. The number of carbonyl (C=O) groups is 1. The molecule has 5 rings (SSSR count). The van der Waals surface area contributed by atoms with Crippen LogP contribution in [0.2, 0.25) is 0 Å². The second-order valence-electron chi connectivity index (χ2n) is 7.56. The number of para-hydroxylation sites is 1. The highest BCUT2D eigenvalue weighted by Crippen LogP contribution is 2.30. The number of aryl methyl sites for hydroxylation is 1. The zero-order valence-electron chi connectivity index (χ0n) is 17.1. The molecule has 0 aliphatic rings. The summed E-state index contributed by atoms with van der Waals surface area (Å²) in [6.45, 7) is 2.09. The van der Waals surface area contributed by atoms with E-state index in [1.807, 2.05) is 66.7 Å². The molecule has 1 aromatic heterocycles. The Morgan fingerprint density at radius 1 is 0.839 bits per heavy atom. The van der Waals surface area contributed by atoms with Crippen LogP contribution in [-0.2, 0) is 5.75 Å². The number of hydrogen-bond donors (Lipinski definition) is 1. The molecule has 0 bridgehead atoms. The first-order chi connectivity index (χ1) is 15.2. The molecule has 0 unspecified atom stereocenters. The Morgan fingerprint density at radius 2 is 1.58 bits per heavy atom. The number of hydrogen-bond acceptors (Lipinski definition) is 3. The van der Waals surface area contributed by atoms with E-state index in [-0.39, 0.29) is 5.91 Å². The number of thioether (sulfide) groups is 1. The Bertz CT molecular complexity index is 1370. The fraction of sp³-hybridized carbons (Fsp3) is 0.0741. The maximum absolute atomic E-state index is 12.7. The first-order valence-electron chi connectivity index (χ1n) is 10.2. The second-order valence-corrected chi connectivity index (χ2v) is 8.61. The minimum Gasteiger partial charge on any atom is -0.456 e. The van der Waals surface area contributed by atoms with Gasteiger partial charge in [0.15, 0.2) is 0 Å². The van der Waals surface area contributed by atoms with E-state index < -0.39 is 0 Å². The summed E-state index contributed by atoms with van der Waals surface area (Å²) in [6, 6.07) is 30.0. The molecule has 0 spiro atoms. The summed E-state index contributed by atoms with van der Waals surface area (Å²) in [7, 11) is 0. The van der Waals surface area contributed by atoms with Crippen molar-refractivity contribution in [1.29, 1.82) is 0 Å². The highest BCUT2D eigenvalue weighted by molar-refractivity contribution is 7.98. The minimum absolute atomic E-state index is 0.131. The standard InChI is InChI=1S/C27H21NO2S/c1-18-6-13-22(14-7-18)31-17-19-8-10-20(11-9-19)27(29)28-21-12-15-24-23-4-2-3-5-25(23)30-26(24)16-21/h2-16H,17H2,1H3,(H,28,29). The third kappa shape index (κ3) is 4.21. The van der Waals surface area contributed by atoms with Crippen molar-refractivity contribution in [1.82, 2.24) is 0 Å². The molecule has 0 aliphatic carbocycles. The minimum atomic E-state index is -0.131. The Hall–Kier alpha value is -3.50. The molecule has 3 nitrogen and oxygen atoms in total. The van der Waals surface area contributed by atoms with Crippen LogP contribution in [0.1, 0.15) is 21.5 Å². The van der Waals surface area contributed by atoms with E-state index >= 15 is 0 Å². The number of rotatable bonds is 5. The van der Waals surface area contributed by atoms with Gasteiger partial charge in [0.05, 0.1) is 0 Å². The average molecular weight is 424 g/mol. The van der Waals surface area contributed by atoms with Crippen molar-refractivity contribution < 1.29 is 9.21 Å². The highest BCUT2D eigenvalue weighted by Gasteiger charge is 2.10. The summed E-state index contributed by atoms with van der Waals surface area (Å²) in [5, 5.41) is 5.10. The number of fused-ring (bicyclic) bond motifs is 3. The highest BCUT2D eigenvalue weighted by atomic mass is 32.2. The van der Waals surface area contributed by atoms with Gasteiger partial charge in [-0.05, 0) is 55.0 Å². The normalized spacial score (nSPS) is 11.1. The first kappa shape index (κ1) is 19.5. The topological polar surface area (TPSA) is 42.2 Å². The molecule has 1 heterocycles. The number of furan rings is 1. The SMILES string of the molecule is Cc1ccc(SCc2ccc(C(=O)Nc3ccc4c(c3)oc3ccccc34)cc2)cc1. The maximum Gasteiger partial charge on any atom is 0.255 e. The molecule has 0 fully saturated rings. The monoisotopic (exact) mass is 423 g/mol. The largest absolute Gasteiger partial charge is 0.456 e. The number of amides is 1. The van der Waals surface area contributed by atoms with Crippen molar-refractivity contribution in [2.75, 3.05) is 5.32 Å². The molecule has 0 radical (unpaired) electrons. The average Bonchev–Trinajstić information content (AvgIpc) is 3.17. The molecule has 0 saturated carbocycles. The van der Waals surface area contributed by atoms with Crippen LogP contribution in [0.25, 0.3) is 21.9 Å². The molecule has 0 atom stereocenters. The van der Waals surface area contributed by atoms with Crippen molar-refractivity contribution in [2.24, 2.45) is 0 Å². The summed E-state index contributed by atoms with van der Waals surface area (Å²) in [4.78, 5) is 13.9. The van der Waals surface area contributed by atoms with Crippen molar-refractivity contribution >= 4 is 45.3 Å². The molecular weight excluding hydrogens is 402 g/mol. The Kier molecular flexibility index (Phi) is 5.23. The van der Waals surface area contributed by atoms with E-state index in [0.29, 0.717) is 5.56 Å². The molecule has 5 aromatic rings.